The molecule has 0 aliphatic carbocycles. The number of rotatable bonds is 75. The van der Waals surface area contributed by atoms with Crippen LogP contribution in [0.1, 0.15) is 285 Å². The van der Waals surface area contributed by atoms with Crippen molar-refractivity contribution in [2.24, 2.45) is 0 Å². The van der Waals surface area contributed by atoms with E-state index in [4.69, 9.17) is 37.0 Å². The van der Waals surface area contributed by atoms with E-state index >= 15 is 0 Å². The third kappa shape index (κ3) is 79.7. The van der Waals surface area contributed by atoms with E-state index in [1.807, 2.05) is 24.3 Å². The smallest absolute Gasteiger partial charge is 0.462 e. The van der Waals surface area contributed by atoms with Crippen molar-refractivity contribution >= 4 is 39.5 Å². The molecule has 19 heteroatoms. The van der Waals surface area contributed by atoms with Gasteiger partial charge in [0.1, 0.15) is 19.3 Å². The Kier molecular flexibility index (Phi) is 76.0. The van der Waals surface area contributed by atoms with Gasteiger partial charge in [0.05, 0.1) is 26.4 Å². The number of hydrogen-bond acceptors (Lipinski definition) is 15. The molecule has 17 nitrogen and oxygen atoms in total. The fourth-order valence-corrected chi connectivity index (χ4v) is 11.7. The molecule has 0 heterocycles. The Morgan fingerprint density at radius 3 is 0.727 bits per heavy atom. The summed E-state index contributed by atoms with van der Waals surface area (Å²) in [7, 11) is -10.0. The van der Waals surface area contributed by atoms with E-state index < -0.39 is 97.5 Å². The zero-order valence-electron chi connectivity index (χ0n) is 67.8. The van der Waals surface area contributed by atoms with Crippen LogP contribution in [0, 0.1) is 0 Å². The molecule has 0 amide bonds. The topological polar surface area (TPSA) is 237 Å². The highest BCUT2D eigenvalue weighted by Crippen LogP contribution is 2.45. The van der Waals surface area contributed by atoms with Gasteiger partial charge in [0, 0.05) is 25.7 Å². The fraction of sp³-hybridized carbons (Fsp3) is 0.582. The summed E-state index contributed by atoms with van der Waals surface area (Å²) in [6, 6.07) is 0. The fourth-order valence-electron chi connectivity index (χ4n) is 10.1. The lowest BCUT2D eigenvalue weighted by atomic mass is 10.1. The standard InChI is InChI=1S/C91H144O17P2/c1-5-9-13-17-21-25-29-33-37-41-42-46-48-52-56-60-64-68-72-76-89(94)102-82-87(108-91(96)78-74-70-66-62-58-54-50-45-40-36-32-28-24-20-16-12-8-4)84-106-110(99,100)104-80-85(92)79-103-109(97,98)105-83-86(107-90(95)77-73-69-65-61-57-53-49-44-39-35-31-27-23-19-15-11-7-3)81-101-88(93)75-71-67-63-59-55-51-47-43-38-34-30-26-22-18-14-10-6-2/h9-16,21-28,33-40,42,46-47,50-51,54,59,62-63,66,85-87,92H,5-8,17-20,29-32,41,43-45,48-49,52-53,55-58,60-61,64-65,67-84H2,1-4H3,(H,97,98)(H,99,100)/b13-9-,14-10-,15-11-,16-12-,25-21-,26-22-,27-23-,28-24-,37-33-,38-34-,39-35-,40-36-,46-42-,51-47-,54-50-,63-59-,66-62-. The SMILES string of the molecule is CC/C=C\C/C=C\C/C=C\C/C=C\C/C=C\CCCC(=O)OCC(COP(=O)(O)OCC(O)COP(=O)(O)OCC(COC(=O)CCCCCCCC/C=C\C/C=C\C/C=C\C/C=C\CC)OC(=O)CCC/C=C\C/C=C\C/C=C\C/C=C\C/C=C\CC)OC(=O)CCCCCCCCC/C=C\C/C=C\C/C=C\CC. The Labute approximate surface area is 665 Å². The van der Waals surface area contributed by atoms with Crippen LogP contribution in [0.4, 0.5) is 0 Å². The maximum atomic E-state index is 13.1. The van der Waals surface area contributed by atoms with Gasteiger partial charge >= 0.3 is 39.5 Å². The zero-order chi connectivity index (χ0) is 80.3. The van der Waals surface area contributed by atoms with Gasteiger partial charge in [-0.2, -0.15) is 0 Å². The van der Waals surface area contributed by atoms with E-state index in [-0.39, 0.29) is 25.7 Å². The Bertz CT molecular complexity index is 2900. The van der Waals surface area contributed by atoms with Gasteiger partial charge < -0.3 is 33.8 Å². The summed E-state index contributed by atoms with van der Waals surface area (Å²) < 4.78 is 68.6. The third-order valence-electron chi connectivity index (χ3n) is 16.2. The molecule has 0 aliphatic heterocycles. The molecule has 0 radical (unpaired) electrons. The minimum absolute atomic E-state index is 0.00333. The van der Waals surface area contributed by atoms with E-state index in [1.165, 1.54) is 0 Å². The van der Waals surface area contributed by atoms with Crippen molar-refractivity contribution < 1.29 is 80.2 Å². The molecule has 0 rings (SSSR count). The third-order valence-corrected chi connectivity index (χ3v) is 18.1. The highest BCUT2D eigenvalue weighted by Gasteiger charge is 2.30. The summed E-state index contributed by atoms with van der Waals surface area (Å²) in [5.41, 5.74) is 0. The Morgan fingerprint density at radius 2 is 0.455 bits per heavy atom. The first-order chi connectivity index (χ1) is 53.7. The maximum Gasteiger partial charge on any atom is 0.472 e. The minimum Gasteiger partial charge on any atom is -0.462 e. The number of aliphatic hydroxyl groups is 1. The molecule has 0 saturated heterocycles. The molecule has 110 heavy (non-hydrogen) atoms. The van der Waals surface area contributed by atoms with Crippen LogP contribution >= 0.6 is 15.6 Å². The average Bonchev–Trinajstić information content (AvgIpc) is 0.904. The van der Waals surface area contributed by atoms with E-state index in [2.05, 4.69) is 210 Å². The molecule has 0 aromatic heterocycles. The quantitative estimate of drug-likeness (QED) is 0.0169. The minimum atomic E-state index is -5.02. The van der Waals surface area contributed by atoms with Gasteiger partial charge in [-0.1, -0.05) is 292 Å². The highest BCUT2D eigenvalue weighted by atomic mass is 31.2. The summed E-state index contributed by atoms with van der Waals surface area (Å²) in [6.45, 7) is 4.25. The van der Waals surface area contributed by atoms with Gasteiger partial charge in [-0.3, -0.25) is 37.3 Å². The summed E-state index contributed by atoms with van der Waals surface area (Å²) >= 11 is 0. The first-order valence-electron chi connectivity index (χ1n) is 41.3. The molecule has 5 unspecified atom stereocenters. The van der Waals surface area contributed by atoms with E-state index in [1.54, 1.807) is 0 Å². The second kappa shape index (κ2) is 80.7. The molecular formula is C91H144O17P2. The van der Waals surface area contributed by atoms with Gasteiger partial charge in [-0.25, -0.2) is 9.13 Å². The zero-order valence-corrected chi connectivity index (χ0v) is 69.6. The molecule has 5 atom stereocenters. The Morgan fingerprint density at radius 1 is 0.255 bits per heavy atom. The van der Waals surface area contributed by atoms with E-state index in [9.17, 15) is 43.2 Å². The van der Waals surface area contributed by atoms with Crippen molar-refractivity contribution in [2.45, 2.75) is 303 Å². The molecule has 0 bridgehead atoms. The average molecular weight is 1570 g/mol. The Balaban J connectivity index is 5.52. The van der Waals surface area contributed by atoms with Crippen molar-refractivity contribution in [1.29, 1.82) is 0 Å². The molecule has 0 fully saturated rings. The van der Waals surface area contributed by atoms with Gasteiger partial charge in [-0.15, -0.1) is 0 Å². The molecule has 0 aromatic rings. The van der Waals surface area contributed by atoms with Crippen LogP contribution in [0.15, 0.2) is 207 Å². The molecule has 0 spiro atoms. The van der Waals surface area contributed by atoms with Crippen molar-refractivity contribution in [1.82, 2.24) is 0 Å². The molecule has 0 aliphatic rings. The lowest BCUT2D eigenvalue weighted by molar-refractivity contribution is -0.161. The summed E-state index contributed by atoms with van der Waals surface area (Å²) in [4.78, 5) is 73.2. The number of phosphoric acid groups is 2. The second-order valence-electron chi connectivity index (χ2n) is 26.5. The van der Waals surface area contributed by atoms with E-state index in [0.29, 0.717) is 38.5 Å². The number of hydrogen-bond donors (Lipinski definition) is 3. The van der Waals surface area contributed by atoms with E-state index in [0.717, 1.165) is 193 Å². The number of phosphoric ester groups is 2. The van der Waals surface area contributed by atoms with Gasteiger partial charge in [0.25, 0.3) is 0 Å². The van der Waals surface area contributed by atoms with Crippen LogP contribution < -0.4 is 0 Å². The van der Waals surface area contributed by atoms with Gasteiger partial charge in [-0.05, 0) is 173 Å². The lowest BCUT2D eigenvalue weighted by Crippen LogP contribution is -2.30. The normalized spacial score (nSPS) is 14.9. The summed E-state index contributed by atoms with van der Waals surface area (Å²) in [5.74, 6) is -2.36. The molecule has 620 valence electrons. The monoisotopic (exact) mass is 1570 g/mol. The summed E-state index contributed by atoms with van der Waals surface area (Å²) in [6.07, 6.45) is 101. The van der Waals surface area contributed by atoms with Crippen molar-refractivity contribution in [3.63, 3.8) is 0 Å². The first kappa shape index (κ1) is 104. The van der Waals surface area contributed by atoms with Gasteiger partial charge in [0.2, 0.25) is 0 Å². The predicted molar refractivity (Wildman–Crippen MR) is 454 cm³/mol. The Hall–Kier alpha value is -6.36. The molecule has 3 N–H and O–H groups in total. The van der Waals surface area contributed by atoms with Crippen molar-refractivity contribution in [3.05, 3.63) is 207 Å². The molecule has 0 saturated carbocycles. The van der Waals surface area contributed by atoms with Crippen LogP contribution in [0.5, 0.6) is 0 Å². The number of ether oxygens (including phenoxy) is 4. The molecular weight excluding hydrogens is 1430 g/mol. The summed E-state index contributed by atoms with van der Waals surface area (Å²) in [5, 5.41) is 10.7. The van der Waals surface area contributed by atoms with Crippen LogP contribution in [-0.4, -0.2) is 96.7 Å². The highest BCUT2D eigenvalue weighted by molar-refractivity contribution is 7.47. The largest absolute Gasteiger partial charge is 0.472 e. The number of allylic oxidation sites excluding steroid dienone is 34. The first-order valence-corrected chi connectivity index (χ1v) is 44.3. The number of carbonyl (C=O) groups excluding carboxylic acids is 4. The maximum absolute atomic E-state index is 13.1. The number of unbranched alkanes of at least 4 members (excludes halogenated alkanes) is 15. The van der Waals surface area contributed by atoms with Gasteiger partial charge in [0.15, 0.2) is 12.2 Å². The van der Waals surface area contributed by atoms with Crippen LogP contribution in [0.2, 0.25) is 0 Å². The number of carbonyl (C=O) groups is 4. The second-order valence-corrected chi connectivity index (χ2v) is 29.4. The molecule has 0 aromatic carbocycles. The predicted octanol–water partition coefficient (Wildman–Crippen LogP) is 24.7. The van der Waals surface area contributed by atoms with Crippen molar-refractivity contribution in [3.8, 4) is 0 Å². The lowest BCUT2D eigenvalue weighted by Gasteiger charge is -2.21. The number of esters is 4. The van der Waals surface area contributed by atoms with Crippen LogP contribution in [0.25, 0.3) is 0 Å². The van der Waals surface area contributed by atoms with Crippen LogP contribution in [-0.2, 0) is 65.4 Å². The number of aliphatic hydroxyl groups excluding tert-OH is 1. The van der Waals surface area contributed by atoms with Crippen LogP contribution in [0.3, 0.4) is 0 Å². The van der Waals surface area contributed by atoms with Crippen molar-refractivity contribution in [2.75, 3.05) is 39.6 Å².